The summed E-state index contributed by atoms with van der Waals surface area (Å²) in [5.41, 5.74) is -2.13. The average molecular weight is 308 g/mol. The normalized spacial score (nSPS) is 11.0. The van der Waals surface area contributed by atoms with E-state index in [1.54, 1.807) is 0 Å². The molecule has 2 heterocycles. The van der Waals surface area contributed by atoms with E-state index in [-0.39, 0.29) is 11.3 Å². The number of benzene rings is 1. The number of aromatic nitrogens is 2. The largest absolute Gasteiger partial charge is 0.504 e. The first kappa shape index (κ1) is 13.7. The molecule has 0 fully saturated rings. The Morgan fingerprint density at radius 3 is 2.68 bits per heavy atom. The molecule has 3 rings (SSSR count). The van der Waals surface area contributed by atoms with Crippen LogP contribution in [0.25, 0.3) is 16.7 Å². The minimum absolute atomic E-state index is 0.0258. The third-order valence-corrected chi connectivity index (χ3v) is 3.06. The van der Waals surface area contributed by atoms with Crippen LogP contribution in [0.5, 0.6) is 5.75 Å². The van der Waals surface area contributed by atoms with Crippen LogP contribution in [0.3, 0.4) is 0 Å². The van der Waals surface area contributed by atoms with Crippen molar-refractivity contribution in [3.8, 4) is 11.6 Å². The number of fused-ring (bicyclic) bond motifs is 1. The van der Waals surface area contributed by atoms with E-state index in [4.69, 9.17) is 5.11 Å². The molecule has 2 aromatic heterocycles. The smallest absolute Gasteiger partial charge is 0.341 e. The lowest BCUT2D eigenvalue weighted by atomic mass is 10.1. The molecule has 2 N–H and O–H groups in total. The lowest BCUT2D eigenvalue weighted by Gasteiger charge is -2.11. The quantitative estimate of drug-likeness (QED) is 0.746. The number of phenols is 1. The van der Waals surface area contributed by atoms with E-state index in [9.17, 15) is 23.5 Å². The number of aromatic hydroxyl groups is 1. The number of rotatable bonds is 2. The van der Waals surface area contributed by atoms with Gasteiger partial charge >= 0.3 is 5.97 Å². The predicted molar refractivity (Wildman–Crippen MR) is 68.1 cm³/mol. The first-order valence-electron chi connectivity index (χ1n) is 5.82. The summed E-state index contributed by atoms with van der Waals surface area (Å²) < 4.78 is 32.6. The number of aromatic carboxylic acids is 1. The molecule has 112 valence electrons. The van der Waals surface area contributed by atoms with Crippen molar-refractivity contribution in [3.63, 3.8) is 0 Å². The maximum absolute atomic E-state index is 13.5. The minimum Gasteiger partial charge on any atom is -0.504 e. The van der Waals surface area contributed by atoms with Crippen molar-refractivity contribution in [1.82, 2.24) is 9.72 Å². The number of hydrogen-bond donors (Lipinski definition) is 2. The second kappa shape index (κ2) is 4.65. The molecule has 0 atom stereocenters. The van der Waals surface area contributed by atoms with Crippen molar-refractivity contribution < 1.29 is 28.3 Å². The maximum atomic E-state index is 13.5. The number of pyridine rings is 1. The van der Waals surface area contributed by atoms with E-state index in [2.05, 4.69) is 9.68 Å². The molecular formula is C13H6F2N2O5. The van der Waals surface area contributed by atoms with Gasteiger partial charge in [-0.1, -0.05) is 5.16 Å². The first-order valence-corrected chi connectivity index (χ1v) is 5.82. The third-order valence-electron chi connectivity index (χ3n) is 3.06. The summed E-state index contributed by atoms with van der Waals surface area (Å²) in [6, 6.07) is 1.97. The SMILES string of the molecule is O=C(O)c1cn(-c2ccon2)c2cc(F)c(F)c(O)c2c1=O. The Morgan fingerprint density at radius 2 is 2.09 bits per heavy atom. The van der Waals surface area contributed by atoms with Gasteiger partial charge in [0.05, 0.1) is 10.9 Å². The molecule has 0 aliphatic heterocycles. The Balaban J connectivity index is 2.58. The van der Waals surface area contributed by atoms with E-state index in [0.29, 0.717) is 6.07 Å². The molecule has 3 aromatic rings. The zero-order chi connectivity index (χ0) is 16.0. The predicted octanol–water partition coefficient (Wildman–Crippen LogP) is 1.66. The molecule has 0 aliphatic carbocycles. The third kappa shape index (κ3) is 1.83. The van der Waals surface area contributed by atoms with Crippen LogP contribution in [-0.2, 0) is 0 Å². The summed E-state index contributed by atoms with van der Waals surface area (Å²) >= 11 is 0. The van der Waals surface area contributed by atoms with E-state index < -0.39 is 39.7 Å². The van der Waals surface area contributed by atoms with Crippen LogP contribution in [0.4, 0.5) is 8.78 Å². The van der Waals surface area contributed by atoms with Crippen molar-refractivity contribution in [3.05, 3.63) is 52.0 Å². The number of halogens is 2. The van der Waals surface area contributed by atoms with Crippen molar-refractivity contribution in [2.24, 2.45) is 0 Å². The molecule has 0 aliphatic rings. The Morgan fingerprint density at radius 1 is 1.36 bits per heavy atom. The minimum atomic E-state index is -1.64. The van der Waals surface area contributed by atoms with E-state index in [0.717, 1.165) is 10.8 Å². The van der Waals surface area contributed by atoms with Crippen LogP contribution in [0, 0.1) is 11.6 Å². The topological polar surface area (TPSA) is 106 Å². The number of carboxylic acids is 1. The van der Waals surface area contributed by atoms with Gasteiger partial charge in [-0.15, -0.1) is 0 Å². The van der Waals surface area contributed by atoms with Gasteiger partial charge in [-0.25, -0.2) is 9.18 Å². The van der Waals surface area contributed by atoms with E-state index >= 15 is 0 Å². The molecule has 0 amide bonds. The fraction of sp³-hybridized carbons (Fsp3) is 0. The Bertz CT molecular complexity index is 963. The molecule has 0 saturated heterocycles. The van der Waals surface area contributed by atoms with Crippen LogP contribution < -0.4 is 5.43 Å². The second-order valence-electron chi connectivity index (χ2n) is 4.32. The second-order valence-corrected chi connectivity index (χ2v) is 4.32. The van der Waals surface area contributed by atoms with E-state index in [1.165, 1.54) is 12.3 Å². The lowest BCUT2D eigenvalue weighted by Crippen LogP contribution is -2.19. The van der Waals surface area contributed by atoms with Crippen molar-refractivity contribution >= 4 is 16.9 Å². The summed E-state index contributed by atoms with van der Waals surface area (Å²) in [6.45, 7) is 0. The molecule has 0 unspecified atom stereocenters. The van der Waals surface area contributed by atoms with Crippen LogP contribution in [0.1, 0.15) is 10.4 Å². The fourth-order valence-electron chi connectivity index (χ4n) is 2.08. The van der Waals surface area contributed by atoms with Gasteiger partial charge in [-0.3, -0.25) is 9.36 Å². The highest BCUT2D eigenvalue weighted by Crippen LogP contribution is 2.29. The zero-order valence-electron chi connectivity index (χ0n) is 10.6. The monoisotopic (exact) mass is 308 g/mol. The van der Waals surface area contributed by atoms with Gasteiger partial charge in [0.1, 0.15) is 11.8 Å². The number of carboxylic acid groups (broad SMARTS) is 1. The molecule has 7 nitrogen and oxygen atoms in total. The summed E-state index contributed by atoms with van der Waals surface area (Å²) in [5, 5.41) is 21.6. The standard InChI is InChI=1S/C13H6F2N2O5/c14-6-3-7-9(12(19)10(6)15)11(18)5(13(20)21)4-17(7)8-1-2-22-16-8/h1-4,19H,(H,20,21). The van der Waals surface area contributed by atoms with Gasteiger partial charge in [0.2, 0.25) is 11.2 Å². The number of nitrogens with zero attached hydrogens (tertiary/aromatic N) is 2. The van der Waals surface area contributed by atoms with Crippen LogP contribution >= 0.6 is 0 Å². The maximum Gasteiger partial charge on any atom is 0.341 e. The molecule has 1 aromatic carbocycles. The Kier molecular flexibility index (Phi) is 2.91. The molecular weight excluding hydrogens is 302 g/mol. The Hall–Kier alpha value is -3.23. The highest BCUT2D eigenvalue weighted by molar-refractivity contribution is 5.95. The van der Waals surface area contributed by atoms with Crippen molar-refractivity contribution in [2.45, 2.75) is 0 Å². The first-order chi connectivity index (χ1) is 10.4. The lowest BCUT2D eigenvalue weighted by molar-refractivity contribution is 0.0695. The molecule has 0 saturated carbocycles. The zero-order valence-corrected chi connectivity index (χ0v) is 10.6. The molecule has 9 heteroatoms. The van der Waals surface area contributed by atoms with Crippen LogP contribution in [0.15, 0.2) is 33.9 Å². The summed E-state index contributed by atoms with van der Waals surface area (Å²) in [6.07, 6.45) is 2.06. The summed E-state index contributed by atoms with van der Waals surface area (Å²) in [5.74, 6) is -5.87. The van der Waals surface area contributed by atoms with E-state index in [1.807, 2.05) is 0 Å². The highest BCUT2D eigenvalue weighted by atomic mass is 19.2. The summed E-state index contributed by atoms with van der Waals surface area (Å²) in [7, 11) is 0. The van der Waals surface area contributed by atoms with Gasteiger partial charge < -0.3 is 14.7 Å². The van der Waals surface area contributed by atoms with Crippen LogP contribution in [-0.4, -0.2) is 25.9 Å². The number of carbonyl (C=O) groups is 1. The number of phenolic OH excluding ortho intramolecular Hbond substituents is 1. The molecule has 0 spiro atoms. The van der Waals surface area contributed by atoms with Crippen molar-refractivity contribution in [2.75, 3.05) is 0 Å². The molecule has 22 heavy (non-hydrogen) atoms. The van der Waals surface area contributed by atoms with Gasteiger partial charge in [0.25, 0.3) is 0 Å². The van der Waals surface area contributed by atoms with Gasteiger partial charge in [0.15, 0.2) is 17.4 Å². The molecule has 0 bridgehead atoms. The van der Waals surface area contributed by atoms with Crippen LogP contribution in [0.2, 0.25) is 0 Å². The fourth-order valence-corrected chi connectivity index (χ4v) is 2.08. The van der Waals surface area contributed by atoms with Gasteiger partial charge in [0, 0.05) is 18.3 Å². The molecule has 0 radical (unpaired) electrons. The summed E-state index contributed by atoms with van der Waals surface area (Å²) in [4.78, 5) is 23.2. The average Bonchev–Trinajstić information content (AvgIpc) is 2.98. The van der Waals surface area contributed by atoms with Crippen molar-refractivity contribution in [1.29, 1.82) is 0 Å². The van der Waals surface area contributed by atoms with Gasteiger partial charge in [-0.2, -0.15) is 4.39 Å². The highest BCUT2D eigenvalue weighted by Gasteiger charge is 2.23. The Labute approximate surface area is 119 Å². The van der Waals surface area contributed by atoms with Gasteiger partial charge in [-0.05, 0) is 0 Å². The number of hydrogen-bond acceptors (Lipinski definition) is 5.